The van der Waals surface area contributed by atoms with Crippen LogP contribution in [-0.4, -0.2) is 81.9 Å². The van der Waals surface area contributed by atoms with Gasteiger partial charge in [0.05, 0.1) is 31.5 Å². The molecule has 2 aromatic rings. The molecule has 14 nitrogen and oxygen atoms in total. The SMILES string of the molecule is CCON=C(C(=O)NC1C(=O)N2C(C(=O)[O-])=C(C[n+]3ccc(COCCOC)cc3)CS[C@H]12)c1nsc(N)n1. The molecule has 2 aliphatic heterocycles. The molecule has 2 amide bonds. The lowest BCUT2D eigenvalue weighted by molar-refractivity contribution is -0.689. The zero-order chi connectivity index (χ0) is 27.9. The van der Waals surface area contributed by atoms with Crippen LogP contribution in [0.5, 0.6) is 0 Å². The predicted octanol–water partition coefficient (Wildman–Crippen LogP) is -1.58. The summed E-state index contributed by atoms with van der Waals surface area (Å²) in [6, 6.07) is 2.76. The Bertz CT molecular complexity index is 1280. The van der Waals surface area contributed by atoms with E-state index in [0.29, 0.717) is 31.1 Å². The largest absolute Gasteiger partial charge is 0.543 e. The van der Waals surface area contributed by atoms with Gasteiger partial charge in [-0.3, -0.25) is 14.5 Å². The molecule has 0 saturated carbocycles. The predicted molar refractivity (Wildman–Crippen MR) is 138 cm³/mol. The highest BCUT2D eigenvalue weighted by atomic mass is 32.2. The number of aromatic nitrogens is 3. The maximum Gasteiger partial charge on any atom is 0.278 e. The van der Waals surface area contributed by atoms with Gasteiger partial charge in [0.2, 0.25) is 11.5 Å². The number of thioether (sulfide) groups is 1. The van der Waals surface area contributed by atoms with Gasteiger partial charge in [0.25, 0.3) is 11.8 Å². The van der Waals surface area contributed by atoms with Gasteiger partial charge in [0, 0.05) is 42.1 Å². The van der Waals surface area contributed by atoms with Crippen LogP contribution in [0.25, 0.3) is 0 Å². The Morgan fingerprint density at radius 1 is 1.33 bits per heavy atom. The number of oxime groups is 1. The van der Waals surface area contributed by atoms with Gasteiger partial charge in [0.15, 0.2) is 24.1 Å². The first-order chi connectivity index (χ1) is 18.8. The zero-order valence-electron chi connectivity index (χ0n) is 21.2. The highest BCUT2D eigenvalue weighted by Crippen LogP contribution is 2.40. The molecule has 2 aliphatic rings. The summed E-state index contributed by atoms with van der Waals surface area (Å²) in [5.41, 5.74) is 6.66. The van der Waals surface area contributed by atoms with Crippen molar-refractivity contribution in [3.8, 4) is 0 Å². The highest BCUT2D eigenvalue weighted by Gasteiger charge is 2.53. The summed E-state index contributed by atoms with van der Waals surface area (Å²) < 4.78 is 16.3. The number of pyridine rings is 1. The third-order valence-electron chi connectivity index (χ3n) is 5.71. The van der Waals surface area contributed by atoms with Crippen LogP contribution in [0.4, 0.5) is 5.13 Å². The summed E-state index contributed by atoms with van der Waals surface area (Å²) in [7, 11) is 1.60. The lowest BCUT2D eigenvalue weighted by Crippen LogP contribution is -2.71. The van der Waals surface area contributed by atoms with E-state index in [0.717, 1.165) is 22.0 Å². The lowest BCUT2D eigenvalue weighted by Gasteiger charge is -2.50. The molecule has 0 radical (unpaired) electrons. The number of β-lactam (4-membered cyclic amide) rings is 1. The fourth-order valence-corrected chi connectivity index (χ4v) is 5.66. The molecule has 0 bridgehead atoms. The molecule has 0 spiro atoms. The Balaban J connectivity index is 1.44. The van der Waals surface area contributed by atoms with Gasteiger partial charge in [-0.25, -0.2) is 4.57 Å². The van der Waals surface area contributed by atoms with Crippen molar-refractivity contribution in [2.45, 2.75) is 31.5 Å². The number of hydrogen-bond donors (Lipinski definition) is 2. The highest BCUT2D eigenvalue weighted by molar-refractivity contribution is 8.00. The van der Waals surface area contributed by atoms with E-state index in [9.17, 15) is 19.5 Å². The molecule has 0 aliphatic carbocycles. The van der Waals surface area contributed by atoms with Crippen molar-refractivity contribution in [1.82, 2.24) is 19.6 Å². The van der Waals surface area contributed by atoms with E-state index in [4.69, 9.17) is 20.0 Å². The monoisotopic (exact) mass is 577 g/mol. The first-order valence-electron chi connectivity index (χ1n) is 11.9. The molecule has 16 heteroatoms. The van der Waals surface area contributed by atoms with Gasteiger partial charge in [-0.1, -0.05) is 5.16 Å². The number of fused-ring (bicyclic) bond motifs is 1. The summed E-state index contributed by atoms with van der Waals surface area (Å²) >= 11 is 2.22. The Morgan fingerprint density at radius 3 is 2.74 bits per heavy atom. The van der Waals surface area contributed by atoms with E-state index in [2.05, 4.69) is 19.8 Å². The number of methoxy groups -OCH3 is 1. The normalized spacial score (nSPS) is 19.0. The van der Waals surface area contributed by atoms with Crippen LogP contribution in [0.2, 0.25) is 0 Å². The first kappa shape index (κ1) is 28.4. The van der Waals surface area contributed by atoms with Crippen LogP contribution in [-0.2, 0) is 41.8 Å². The summed E-state index contributed by atoms with van der Waals surface area (Å²) in [6.07, 6.45) is 3.62. The molecule has 208 valence electrons. The van der Waals surface area contributed by atoms with Crippen molar-refractivity contribution in [1.29, 1.82) is 0 Å². The molecule has 39 heavy (non-hydrogen) atoms. The number of carbonyl (C=O) groups excluding carboxylic acids is 3. The van der Waals surface area contributed by atoms with Gasteiger partial charge in [-0.05, 0) is 12.5 Å². The van der Waals surface area contributed by atoms with Crippen molar-refractivity contribution in [2.75, 3.05) is 38.4 Å². The van der Waals surface area contributed by atoms with Gasteiger partial charge >= 0.3 is 0 Å². The first-order valence-corrected chi connectivity index (χ1v) is 13.7. The van der Waals surface area contributed by atoms with Crippen molar-refractivity contribution in [2.24, 2.45) is 5.16 Å². The van der Waals surface area contributed by atoms with Gasteiger partial charge in [-0.15, -0.1) is 11.8 Å². The summed E-state index contributed by atoms with van der Waals surface area (Å²) in [5, 5.41) is 18.0. The van der Waals surface area contributed by atoms with Gasteiger partial charge in [-0.2, -0.15) is 9.36 Å². The number of aliphatic carboxylic acids is 1. The van der Waals surface area contributed by atoms with Crippen molar-refractivity contribution < 1.29 is 38.4 Å². The summed E-state index contributed by atoms with van der Waals surface area (Å²) in [6.45, 7) is 3.53. The van der Waals surface area contributed by atoms with Crippen LogP contribution < -0.4 is 20.7 Å². The number of rotatable bonds is 13. The molecular weight excluding hydrogens is 550 g/mol. The Labute approximate surface area is 232 Å². The number of nitrogens with zero attached hydrogens (tertiary/aromatic N) is 5. The Hall–Kier alpha value is -3.60. The fourth-order valence-electron chi connectivity index (χ4n) is 3.89. The maximum atomic E-state index is 13.0. The van der Waals surface area contributed by atoms with E-state index < -0.39 is 29.2 Å². The number of nitrogens with one attached hydrogen (secondary N) is 1. The molecule has 1 unspecified atom stereocenters. The van der Waals surface area contributed by atoms with Crippen LogP contribution in [0.3, 0.4) is 0 Å². The fraction of sp³-hybridized carbons (Fsp3) is 0.435. The number of nitrogen functional groups attached to an aromatic ring is 1. The van der Waals surface area contributed by atoms with E-state index in [1.165, 1.54) is 11.8 Å². The smallest absolute Gasteiger partial charge is 0.278 e. The number of hydrogen-bond acceptors (Lipinski definition) is 13. The quantitative estimate of drug-likeness (QED) is 0.0920. The second kappa shape index (κ2) is 13.0. The number of anilines is 1. The van der Waals surface area contributed by atoms with E-state index in [-0.39, 0.29) is 35.5 Å². The Kier molecular flexibility index (Phi) is 9.45. The molecule has 0 aromatic carbocycles. The molecule has 3 N–H and O–H groups in total. The zero-order valence-corrected chi connectivity index (χ0v) is 22.8. The standard InChI is InChI=1S/C23H27N7O7S2/c1-3-37-27-15(18-26-23(24)39-28-18)19(31)25-16-20(32)30-17(22(33)34)14(12-38-21(16)30)10-29-6-4-13(5-7-29)11-36-9-8-35-2/h4-7,16,21H,3,8-12H2,1-2H3,(H3-,24,25,26,28,31,33,34)/t16?,21-/m1/s1. The topological polar surface area (TPSA) is 185 Å². The minimum absolute atomic E-state index is 0.0365. The Morgan fingerprint density at radius 2 is 2.10 bits per heavy atom. The number of carboxylic acid groups (broad SMARTS) is 1. The number of carboxylic acids is 1. The molecular formula is C23H27N7O7S2. The number of carbonyl (C=O) groups is 3. The third kappa shape index (κ3) is 6.52. The van der Waals surface area contributed by atoms with Crippen LogP contribution in [0.15, 0.2) is 41.0 Å². The van der Waals surface area contributed by atoms with Crippen molar-refractivity contribution in [3.05, 3.63) is 47.2 Å². The van der Waals surface area contributed by atoms with Crippen LogP contribution in [0, 0.1) is 0 Å². The van der Waals surface area contributed by atoms with Crippen molar-refractivity contribution >= 4 is 51.9 Å². The minimum Gasteiger partial charge on any atom is -0.543 e. The van der Waals surface area contributed by atoms with Gasteiger partial charge in [0.1, 0.15) is 18.0 Å². The molecule has 2 atom stereocenters. The number of nitrogens with two attached hydrogens (primary N) is 1. The number of amides is 2. The third-order valence-corrected chi connectivity index (χ3v) is 7.60. The average molecular weight is 578 g/mol. The van der Waals surface area contributed by atoms with Crippen LogP contribution >= 0.6 is 23.3 Å². The summed E-state index contributed by atoms with van der Waals surface area (Å²) in [4.78, 5) is 48.2. The van der Waals surface area contributed by atoms with Crippen molar-refractivity contribution in [3.63, 3.8) is 0 Å². The minimum atomic E-state index is -1.46. The summed E-state index contributed by atoms with van der Waals surface area (Å²) in [5.74, 6) is -2.49. The number of ether oxygens (including phenoxy) is 2. The molecule has 2 aromatic heterocycles. The maximum absolute atomic E-state index is 13.0. The van der Waals surface area contributed by atoms with Gasteiger partial charge < -0.3 is 35.3 Å². The lowest BCUT2D eigenvalue weighted by atomic mass is 10.0. The molecule has 4 heterocycles. The van der Waals surface area contributed by atoms with Crippen LogP contribution in [0.1, 0.15) is 18.3 Å². The second-order valence-corrected chi connectivity index (χ2v) is 10.2. The van der Waals surface area contributed by atoms with E-state index in [1.807, 2.05) is 29.1 Å². The second-order valence-electron chi connectivity index (χ2n) is 8.34. The average Bonchev–Trinajstić information content (AvgIpc) is 3.36. The van der Waals surface area contributed by atoms with E-state index in [1.54, 1.807) is 14.0 Å². The molecule has 1 saturated heterocycles. The molecule has 4 rings (SSSR count). The van der Waals surface area contributed by atoms with E-state index >= 15 is 0 Å². The molecule has 1 fully saturated rings.